The van der Waals surface area contributed by atoms with Crippen molar-refractivity contribution in [3.63, 3.8) is 0 Å². The van der Waals surface area contributed by atoms with E-state index in [0.717, 1.165) is 0 Å². The Bertz CT molecular complexity index is 950. The van der Waals surface area contributed by atoms with Gasteiger partial charge in [-0.2, -0.15) is 13.2 Å². The Labute approximate surface area is 175 Å². The third-order valence-electron chi connectivity index (χ3n) is 4.18. The fourth-order valence-electron chi connectivity index (χ4n) is 2.97. The first-order chi connectivity index (χ1) is 13.7. The second-order valence-corrected chi connectivity index (χ2v) is 7.18. The lowest BCUT2D eigenvalue weighted by atomic mass is 9.93. The molecule has 0 amide bonds. The number of hydrogen-bond donors (Lipinski definition) is 2. The summed E-state index contributed by atoms with van der Waals surface area (Å²) in [6.07, 6.45) is -1.37. The predicted octanol–water partition coefficient (Wildman–Crippen LogP) is 5.38. The molecule has 2 unspecified atom stereocenters. The molecule has 0 saturated carbocycles. The van der Waals surface area contributed by atoms with Crippen LogP contribution in [-0.4, -0.2) is 27.8 Å². The molecule has 3 aromatic rings. The highest BCUT2D eigenvalue weighted by atomic mass is 35.5. The summed E-state index contributed by atoms with van der Waals surface area (Å²) in [5.74, 6) is 0. The second-order valence-electron chi connectivity index (χ2n) is 6.30. The van der Waals surface area contributed by atoms with Gasteiger partial charge in [0.25, 0.3) is 0 Å². The molecule has 0 bridgehead atoms. The Hall–Kier alpha value is -2.19. The van der Waals surface area contributed by atoms with Crippen LogP contribution in [0.5, 0.6) is 0 Å². The number of halogens is 5. The lowest BCUT2D eigenvalue weighted by Crippen LogP contribution is -2.35. The molecule has 152 valence electrons. The van der Waals surface area contributed by atoms with Gasteiger partial charge >= 0.3 is 6.18 Å². The third-order valence-corrected chi connectivity index (χ3v) is 4.61. The molecule has 9 heteroatoms. The summed E-state index contributed by atoms with van der Waals surface area (Å²) in [4.78, 5) is 8.24. The zero-order chi connectivity index (χ0) is 21.0. The number of benzene rings is 1. The van der Waals surface area contributed by atoms with Gasteiger partial charge in [-0.25, -0.2) is 0 Å². The van der Waals surface area contributed by atoms with Gasteiger partial charge in [-0.05, 0) is 35.9 Å². The molecule has 0 spiro atoms. The summed E-state index contributed by atoms with van der Waals surface area (Å²) < 4.78 is 38.5. The molecule has 0 aliphatic carbocycles. The van der Waals surface area contributed by atoms with E-state index < -0.39 is 24.9 Å². The lowest BCUT2D eigenvalue weighted by Gasteiger charge is -2.26. The van der Waals surface area contributed by atoms with Crippen LogP contribution in [0, 0.1) is 0 Å². The van der Waals surface area contributed by atoms with Gasteiger partial charge in [-0.15, -0.1) is 0 Å². The third kappa shape index (κ3) is 5.67. The van der Waals surface area contributed by atoms with Crippen LogP contribution < -0.4 is 5.32 Å². The number of rotatable bonds is 6. The van der Waals surface area contributed by atoms with Crippen LogP contribution in [0.1, 0.15) is 23.3 Å². The number of aliphatic hydroxyl groups excluding tert-OH is 1. The molecule has 2 heterocycles. The molecule has 0 aliphatic heterocycles. The first kappa shape index (κ1) is 21.5. The minimum Gasteiger partial charge on any atom is -0.386 e. The Morgan fingerprint density at radius 1 is 1.03 bits per heavy atom. The van der Waals surface area contributed by atoms with Crippen molar-refractivity contribution in [1.29, 1.82) is 0 Å². The van der Waals surface area contributed by atoms with Crippen molar-refractivity contribution < 1.29 is 18.3 Å². The van der Waals surface area contributed by atoms with Gasteiger partial charge in [0.2, 0.25) is 0 Å². The summed E-state index contributed by atoms with van der Waals surface area (Å²) in [6, 6.07) is 10.1. The molecule has 0 aliphatic rings. The molecule has 29 heavy (non-hydrogen) atoms. The number of aliphatic hydroxyl groups is 1. The highest BCUT2D eigenvalue weighted by Crippen LogP contribution is 2.36. The van der Waals surface area contributed by atoms with E-state index in [4.69, 9.17) is 23.2 Å². The van der Waals surface area contributed by atoms with Gasteiger partial charge in [0.05, 0.1) is 18.3 Å². The number of pyridine rings is 2. The summed E-state index contributed by atoms with van der Waals surface area (Å²) in [5.41, 5.74) is 1.64. The monoisotopic (exact) mass is 441 g/mol. The molecule has 4 nitrogen and oxygen atoms in total. The van der Waals surface area contributed by atoms with E-state index in [9.17, 15) is 18.3 Å². The number of alkyl halides is 3. The van der Waals surface area contributed by atoms with E-state index >= 15 is 0 Å². The van der Waals surface area contributed by atoms with Crippen molar-refractivity contribution in [1.82, 2.24) is 15.3 Å². The van der Waals surface area contributed by atoms with Crippen molar-refractivity contribution >= 4 is 23.2 Å². The SMILES string of the molecule is OC(c1cccnc1-c1cc(Cl)cc(Cl)c1)C(NCC(F)(F)F)c1cccnc1. The van der Waals surface area contributed by atoms with E-state index in [2.05, 4.69) is 15.3 Å². The zero-order valence-corrected chi connectivity index (χ0v) is 16.4. The molecule has 0 fully saturated rings. The van der Waals surface area contributed by atoms with Gasteiger partial charge in [0.1, 0.15) is 6.10 Å². The van der Waals surface area contributed by atoms with Gasteiger partial charge in [0.15, 0.2) is 0 Å². The van der Waals surface area contributed by atoms with Crippen molar-refractivity contribution in [2.75, 3.05) is 6.54 Å². The van der Waals surface area contributed by atoms with E-state index in [1.165, 1.54) is 18.6 Å². The maximum atomic E-state index is 12.8. The van der Waals surface area contributed by atoms with E-state index in [1.807, 2.05) is 0 Å². The lowest BCUT2D eigenvalue weighted by molar-refractivity contribution is -0.128. The van der Waals surface area contributed by atoms with Gasteiger partial charge in [0, 0.05) is 39.8 Å². The van der Waals surface area contributed by atoms with E-state index in [1.54, 1.807) is 42.5 Å². The van der Waals surface area contributed by atoms with Gasteiger partial charge < -0.3 is 5.11 Å². The van der Waals surface area contributed by atoms with Crippen LogP contribution in [0.25, 0.3) is 11.3 Å². The highest BCUT2D eigenvalue weighted by molar-refractivity contribution is 6.35. The predicted molar refractivity (Wildman–Crippen MR) is 106 cm³/mol. The van der Waals surface area contributed by atoms with Crippen LogP contribution in [0.2, 0.25) is 10.0 Å². The fourth-order valence-corrected chi connectivity index (χ4v) is 3.49. The summed E-state index contributed by atoms with van der Waals surface area (Å²) in [6.45, 7) is -1.28. The maximum Gasteiger partial charge on any atom is 0.401 e. The van der Waals surface area contributed by atoms with Crippen molar-refractivity contribution in [2.24, 2.45) is 0 Å². The van der Waals surface area contributed by atoms with E-state index in [-0.39, 0.29) is 0 Å². The Morgan fingerprint density at radius 3 is 2.34 bits per heavy atom. The minimum atomic E-state index is -4.45. The molecule has 3 rings (SSSR count). The average Bonchev–Trinajstić information content (AvgIpc) is 2.67. The summed E-state index contributed by atoms with van der Waals surface area (Å²) in [7, 11) is 0. The summed E-state index contributed by atoms with van der Waals surface area (Å²) in [5, 5.41) is 14.2. The van der Waals surface area contributed by atoms with Crippen LogP contribution in [0.15, 0.2) is 61.1 Å². The standard InChI is InChI=1S/C20H16Cl2F3N3O/c21-14-7-13(8-15(22)9-14)17-16(4-2-6-27-17)19(29)18(28-11-20(23,24)25)12-3-1-5-26-10-12/h1-10,18-19,28-29H,11H2. The van der Waals surface area contributed by atoms with Gasteiger partial charge in [-0.1, -0.05) is 35.3 Å². The molecular weight excluding hydrogens is 426 g/mol. The number of nitrogens with zero attached hydrogens (tertiary/aromatic N) is 2. The largest absolute Gasteiger partial charge is 0.401 e. The quantitative estimate of drug-likeness (QED) is 0.539. The topological polar surface area (TPSA) is 58.0 Å². The minimum absolute atomic E-state index is 0.328. The zero-order valence-electron chi connectivity index (χ0n) is 14.9. The number of aromatic nitrogens is 2. The molecule has 0 radical (unpaired) electrons. The molecular formula is C20H16Cl2F3N3O. The molecule has 2 N–H and O–H groups in total. The highest BCUT2D eigenvalue weighted by Gasteiger charge is 2.32. The molecule has 1 aromatic carbocycles. The van der Waals surface area contributed by atoms with Crippen molar-refractivity contribution in [2.45, 2.75) is 18.3 Å². The molecule has 0 saturated heterocycles. The first-order valence-corrected chi connectivity index (χ1v) is 9.30. The van der Waals surface area contributed by atoms with Crippen molar-refractivity contribution in [3.8, 4) is 11.3 Å². The average molecular weight is 442 g/mol. The van der Waals surface area contributed by atoms with Crippen LogP contribution in [0.3, 0.4) is 0 Å². The number of hydrogen-bond acceptors (Lipinski definition) is 4. The van der Waals surface area contributed by atoms with E-state index in [0.29, 0.717) is 32.4 Å². The first-order valence-electron chi connectivity index (χ1n) is 8.54. The Morgan fingerprint density at radius 2 is 1.72 bits per heavy atom. The molecule has 2 aromatic heterocycles. The maximum absolute atomic E-state index is 12.8. The smallest absolute Gasteiger partial charge is 0.386 e. The second kappa shape index (κ2) is 9.09. The van der Waals surface area contributed by atoms with Crippen LogP contribution >= 0.6 is 23.2 Å². The van der Waals surface area contributed by atoms with Crippen LogP contribution in [0.4, 0.5) is 13.2 Å². The van der Waals surface area contributed by atoms with Crippen molar-refractivity contribution in [3.05, 3.63) is 82.2 Å². The van der Waals surface area contributed by atoms with Crippen LogP contribution in [-0.2, 0) is 0 Å². The number of nitrogens with one attached hydrogen (secondary N) is 1. The molecule has 2 atom stereocenters. The Kier molecular flexibility index (Phi) is 6.74. The van der Waals surface area contributed by atoms with Gasteiger partial charge in [-0.3, -0.25) is 15.3 Å². The normalized spacial score (nSPS) is 13.9. The Balaban J connectivity index is 2.03. The fraction of sp³-hybridized carbons (Fsp3) is 0.200. The summed E-state index contributed by atoms with van der Waals surface area (Å²) >= 11 is 12.1.